The highest BCUT2D eigenvalue weighted by Crippen LogP contribution is 2.36. The van der Waals surface area contributed by atoms with Gasteiger partial charge in [-0.25, -0.2) is 0 Å². The lowest BCUT2D eigenvalue weighted by atomic mass is 9.75. The normalized spacial score (nSPS) is 27.3. The second-order valence-corrected chi connectivity index (χ2v) is 8.88. The second-order valence-electron chi connectivity index (χ2n) is 8.51. The van der Waals surface area contributed by atoms with E-state index in [9.17, 15) is 4.79 Å². The van der Waals surface area contributed by atoms with Gasteiger partial charge in [0.1, 0.15) is 0 Å². The van der Waals surface area contributed by atoms with Crippen LogP contribution < -0.4 is 5.32 Å². The Kier molecular flexibility index (Phi) is 8.03. The van der Waals surface area contributed by atoms with E-state index in [0.29, 0.717) is 30.2 Å². The number of ether oxygens (including phenoxy) is 1. The van der Waals surface area contributed by atoms with Crippen LogP contribution in [0.25, 0.3) is 0 Å². The van der Waals surface area contributed by atoms with E-state index in [4.69, 9.17) is 17.0 Å². The highest BCUT2D eigenvalue weighted by atomic mass is 32.1. The third-order valence-corrected chi connectivity index (χ3v) is 6.82. The molecule has 1 heterocycles. The van der Waals surface area contributed by atoms with Crippen LogP contribution in [0.3, 0.4) is 0 Å². The number of amides is 1. The van der Waals surface area contributed by atoms with E-state index in [1.54, 1.807) is 0 Å². The van der Waals surface area contributed by atoms with E-state index in [1.165, 1.54) is 70.6 Å². The molecule has 5 heteroatoms. The Hall–Kier alpha value is -0.840. The lowest BCUT2D eigenvalue weighted by Gasteiger charge is -2.41. The number of rotatable bonds is 5. The Labute approximate surface area is 164 Å². The van der Waals surface area contributed by atoms with Gasteiger partial charge in [-0.3, -0.25) is 4.79 Å². The van der Waals surface area contributed by atoms with Crippen molar-refractivity contribution in [1.29, 1.82) is 0 Å². The zero-order valence-corrected chi connectivity index (χ0v) is 17.0. The third kappa shape index (κ3) is 6.11. The smallest absolute Gasteiger partial charge is 0.256 e. The summed E-state index contributed by atoms with van der Waals surface area (Å²) in [6.45, 7) is 2.50. The minimum atomic E-state index is 0.306. The van der Waals surface area contributed by atoms with E-state index in [-0.39, 0.29) is 0 Å². The van der Waals surface area contributed by atoms with E-state index < -0.39 is 0 Å². The molecule has 26 heavy (non-hydrogen) atoms. The van der Waals surface area contributed by atoms with Crippen LogP contribution in [0.5, 0.6) is 0 Å². The lowest BCUT2D eigenvalue weighted by Crippen LogP contribution is -2.44. The molecule has 1 unspecified atom stereocenters. The molecule has 4 nitrogen and oxygen atoms in total. The fourth-order valence-corrected chi connectivity index (χ4v) is 5.26. The molecular formula is C21H36N2O2S. The number of hydrogen-bond acceptors (Lipinski definition) is 3. The van der Waals surface area contributed by atoms with E-state index in [2.05, 4.69) is 10.2 Å². The molecule has 2 atom stereocenters. The molecule has 0 aromatic carbocycles. The van der Waals surface area contributed by atoms with Gasteiger partial charge in [0.15, 0.2) is 0 Å². The van der Waals surface area contributed by atoms with Crippen LogP contribution in [0, 0.1) is 11.8 Å². The number of carbonyl (C=O) groups excluding carboxylic acids is 1. The molecule has 0 aromatic rings. The maximum Gasteiger partial charge on any atom is 0.256 e. The first-order chi connectivity index (χ1) is 12.7. The fourth-order valence-electron chi connectivity index (χ4n) is 5.01. The Morgan fingerprint density at radius 2 is 1.65 bits per heavy atom. The van der Waals surface area contributed by atoms with Crippen molar-refractivity contribution in [3.8, 4) is 0 Å². The molecule has 2 saturated carbocycles. The molecule has 0 aromatic heterocycles. The lowest BCUT2D eigenvalue weighted by molar-refractivity contribution is -0.134. The van der Waals surface area contributed by atoms with Crippen LogP contribution in [0.4, 0.5) is 0 Å². The van der Waals surface area contributed by atoms with E-state index in [1.807, 2.05) is 0 Å². The van der Waals surface area contributed by atoms with Gasteiger partial charge < -0.3 is 15.0 Å². The summed E-state index contributed by atoms with van der Waals surface area (Å²) < 4.78 is 5.66. The molecule has 0 radical (unpaired) electrons. The molecule has 3 aliphatic rings. The summed E-state index contributed by atoms with van der Waals surface area (Å²) in [5, 5.41) is 3.88. The highest BCUT2D eigenvalue weighted by molar-refractivity contribution is 7.80. The number of nitrogens with one attached hydrogen (secondary N) is 1. The molecule has 1 amide bonds. The van der Waals surface area contributed by atoms with Crippen LogP contribution in [-0.2, 0) is 9.53 Å². The predicted molar refractivity (Wildman–Crippen MR) is 109 cm³/mol. The largest absolute Gasteiger partial charge is 0.471 e. The quantitative estimate of drug-likeness (QED) is 0.435. The Bertz CT molecular complexity index is 463. The Balaban J connectivity index is 1.28. The molecule has 3 rings (SSSR count). The summed E-state index contributed by atoms with van der Waals surface area (Å²) in [6, 6.07) is 0.475. The first kappa shape index (κ1) is 19.9. The second kappa shape index (κ2) is 10.5. The summed E-state index contributed by atoms with van der Waals surface area (Å²) >= 11 is 5.32. The van der Waals surface area contributed by atoms with Crippen LogP contribution in [0.1, 0.15) is 83.5 Å². The van der Waals surface area contributed by atoms with Crippen molar-refractivity contribution in [2.45, 2.75) is 89.5 Å². The third-order valence-electron chi connectivity index (χ3n) is 6.59. The van der Waals surface area contributed by atoms with Crippen LogP contribution in [0.2, 0.25) is 0 Å². The first-order valence-corrected chi connectivity index (χ1v) is 11.3. The van der Waals surface area contributed by atoms with E-state index in [0.717, 1.165) is 31.3 Å². The summed E-state index contributed by atoms with van der Waals surface area (Å²) in [5.74, 6) is 1.94. The fraction of sp³-hybridized carbons (Fsp3) is 0.905. The molecule has 0 bridgehead atoms. The molecular weight excluding hydrogens is 344 g/mol. The van der Waals surface area contributed by atoms with Crippen molar-refractivity contribution < 1.29 is 9.53 Å². The molecule has 2 aliphatic carbocycles. The number of thiocarbonyl (C=S) groups is 1. The average Bonchev–Trinajstić information content (AvgIpc) is 2.93. The topological polar surface area (TPSA) is 41.6 Å². The summed E-state index contributed by atoms with van der Waals surface area (Å²) in [5.41, 5.74) is 0. The molecule has 1 aliphatic heterocycles. The van der Waals surface area contributed by atoms with E-state index >= 15 is 0 Å². The number of likely N-dealkylation sites (tertiary alicyclic amines) is 1. The number of nitrogens with zero attached hydrogens (tertiary/aromatic N) is 1. The summed E-state index contributed by atoms with van der Waals surface area (Å²) in [6.07, 6.45) is 15.6. The zero-order chi connectivity index (χ0) is 18.2. The summed E-state index contributed by atoms with van der Waals surface area (Å²) in [4.78, 5) is 14.6. The van der Waals surface area contributed by atoms with Gasteiger partial charge in [0.05, 0.1) is 6.61 Å². The summed E-state index contributed by atoms with van der Waals surface area (Å²) in [7, 11) is 0. The molecule has 1 saturated heterocycles. The number of piperidine rings is 1. The van der Waals surface area contributed by atoms with Gasteiger partial charge in [-0.1, -0.05) is 44.9 Å². The van der Waals surface area contributed by atoms with Crippen molar-refractivity contribution in [2.24, 2.45) is 11.8 Å². The molecule has 148 valence electrons. The maximum atomic E-state index is 12.5. The van der Waals surface area contributed by atoms with Gasteiger partial charge in [0.2, 0.25) is 5.91 Å². The molecule has 3 fully saturated rings. The molecule has 1 N–H and O–H groups in total. The van der Waals surface area contributed by atoms with Gasteiger partial charge in [0.25, 0.3) is 5.17 Å². The number of fused-ring (bicyclic) bond motifs is 1. The average molecular weight is 381 g/mol. The van der Waals surface area contributed by atoms with Gasteiger partial charge in [0, 0.05) is 25.6 Å². The highest BCUT2D eigenvalue weighted by Gasteiger charge is 2.32. The van der Waals surface area contributed by atoms with Crippen molar-refractivity contribution in [3.05, 3.63) is 0 Å². The van der Waals surface area contributed by atoms with Gasteiger partial charge in [-0.2, -0.15) is 0 Å². The standard InChI is InChI=1S/C21H36N2O2S/c24-20(23-14-13-17-8-5-6-9-18(17)16-23)12-7-15-25-21(26)22-19-10-3-1-2-4-11-19/h17-19H,1-16H2,(H,22,26)/t17?,18-/m1/s1. The maximum absolute atomic E-state index is 12.5. The SMILES string of the molecule is O=C(CCCOC(=S)NC1CCCCCC1)N1CCC2CCCC[C@@H]2C1. The van der Waals surface area contributed by atoms with Crippen LogP contribution >= 0.6 is 12.2 Å². The Morgan fingerprint density at radius 3 is 2.42 bits per heavy atom. The van der Waals surface area contributed by atoms with Crippen LogP contribution in [0.15, 0.2) is 0 Å². The predicted octanol–water partition coefficient (Wildman–Crippen LogP) is 4.42. The zero-order valence-electron chi connectivity index (χ0n) is 16.2. The number of carbonyl (C=O) groups is 1. The molecule has 0 spiro atoms. The van der Waals surface area contributed by atoms with Crippen LogP contribution in [-0.4, -0.2) is 41.7 Å². The van der Waals surface area contributed by atoms with Crippen molar-refractivity contribution in [1.82, 2.24) is 10.2 Å². The monoisotopic (exact) mass is 380 g/mol. The minimum Gasteiger partial charge on any atom is -0.471 e. The van der Waals surface area contributed by atoms with Crippen molar-refractivity contribution in [2.75, 3.05) is 19.7 Å². The first-order valence-electron chi connectivity index (χ1n) is 10.9. The minimum absolute atomic E-state index is 0.306. The van der Waals surface area contributed by atoms with Crippen molar-refractivity contribution in [3.63, 3.8) is 0 Å². The van der Waals surface area contributed by atoms with Gasteiger partial charge in [-0.15, -0.1) is 0 Å². The van der Waals surface area contributed by atoms with Gasteiger partial charge >= 0.3 is 0 Å². The van der Waals surface area contributed by atoms with Gasteiger partial charge in [-0.05, 0) is 56.2 Å². The number of hydrogen-bond donors (Lipinski definition) is 1. The Morgan fingerprint density at radius 1 is 0.962 bits per heavy atom. The van der Waals surface area contributed by atoms with Crippen molar-refractivity contribution >= 4 is 23.3 Å².